The molecule has 6 rings (SSSR count). The van der Waals surface area contributed by atoms with E-state index in [0.717, 1.165) is 58.1 Å². The number of para-hydroxylation sites is 2. The molecule has 4 heterocycles. The fourth-order valence-electron chi connectivity index (χ4n) is 6.27. The molecule has 6 heteroatoms. The summed E-state index contributed by atoms with van der Waals surface area (Å²) in [6, 6.07) is 9.13. The molecule has 0 unspecified atom stereocenters. The van der Waals surface area contributed by atoms with Gasteiger partial charge in [-0.3, -0.25) is 9.80 Å². The first-order valence-electron chi connectivity index (χ1n) is 10.5. The molecule has 2 aromatic rings. The zero-order valence-electron chi connectivity index (χ0n) is 15.8. The Balaban J connectivity index is 1.55. The monoisotopic (exact) mass is 368 g/mol. The third-order valence-corrected chi connectivity index (χ3v) is 7.27. The standard InChI is InChI=1S/C21H28N4O2/c1-2-6-18-17(5-1)22-20-19(23-8-12-26-13-9-23)16-4-3-7-21(16,25(18)20)24-10-14-27-15-11-24/h1-2,5-6,16,19H,3-4,7-15H2/t16-,19-,21+/m0/s1. The molecule has 3 aliphatic heterocycles. The number of rotatable bonds is 2. The van der Waals surface area contributed by atoms with E-state index in [2.05, 4.69) is 38.6 Å². The zero-order valence-corrected chi connectivity index (χ0v) is 15.8. The van der Waals surface area contributed by atoms with Gasteiger partial charge in [-0.1, -0.05) is 12.1 Å². The summed E-state index contributed by atoms with van der Waals surface area (Å²) >= 11 is 0. The third kappa shape index (κ3) is 2.24. The van der Waals surface area contributed by atoms with Crippen molar-refractivity contribution in [2.24, 2.45) is 5.92 Å². The van der Waals surface area contributed by atoms with Crippen LogP contribution in [0.3, 0.4) is 0 Å². The molecule has 0 radical (unpaired) electrons. The van der Waals surface area contributed by atoms with Crippen LogP contribution in [-0.2, 0) is 15.1 Å². The van der Waals surface area contributed by atoms with Crippen LogP contribution in [0.5, 0.6) is 0 Å². The van der Waals surface area contributed by atoms with E-state index < -0.39 is 0 Å². The minimum absolute atomic E-state index is 0.0676. The van der Waals surface area contributed by atoms with Crippen LogP contribution in [0, 0.1) is 5.92 Å². The molecule has 0 N–H and O–H groups in total. The topological polar surface area (TPSA) is 42.8 Å². The van der Waals surface area contributed by atoms with Crippen LogP contribution in [0.4, 0.5) is 0 Å². The molecule has 144 valence electrons. The van der Waals surface area contributed by atoms with Gasteiger partial charge < -0.3 is 14.0 Å². The first kappa shape index (κ1) is 16.5. The third-order valence-electron chi connectivity index (χ3n) is 7.27. The molecule has 4 aliphatic rings. The average molecular weight is 368 g/mol. The van der Waals surface area contributed by atoms with Gasteiger partial charge >= 0.3 is 0 Å². The molecule has 1 saturated carbocycles. The van der Waals surface area contributed by atoms with E-state index in [-0.39, 0.29) is 5.66 Å². The fraction of sp³-hybridized carbons (Fsp3) is 0.667. The van der Waals surface area contributed by atoms with Crippen LogP contribution < -0.4 is 0 Å². The van der Waals surface area contributed by atoms with E-state index in [1.54, 1.807) is 0 Å². The fourth-order valence-corrected chi connectivity index (χ4v) is 6.27. The van der Waals surface area contributed by atoms with Crippen molar-refractivity contribution >= 4 is 11.0 Å². The van der Waals surface area contributed by atoms with Crippen molar-refractivity contribution < 1.29 is 9.47 Å². The van der Waals surface area contributed by atoms with Crippen LogP contribution in [0.25, 0.3) is 11.0 Å². The minimum Gasteiger partial charge on any atom is -0.379 e. The first-order chi connectivity index (χ1) is 13.4. The maximum Gasteiger partial charge on any atom is 0.129 e. The minimum atomic E-state index is 0.0676. The Bertz CT molecular complexity index is 840. The van der Waals surface area contributed by atoms with Crippen LogP contribution in [0.1, 0.15) is 31.1 Å². The number of morpholine rings is 2. The lowest BCUT2D eigenvalue weighted by molar-refractivity contribution is -0.0821. The lowest BCUT2D eigenvalue weighted by atomic mass is 9.89. The predicted octanol–water partition coefficient (Wildman–Crippen LogP) is 2.21. The van der Waals surface area contributed by atoms with Crippen LogP contribution in [0.2, 0.25) is 0 Å². The summed E-state index contributed by atoms with van der Waals surface area (Å²) in [5, 5.41) is 0. The number of hydrogen-bond acceptors (Lipinski definition) is 5. The molecule has 27 heavy (non-hydrogen) atoms. The molecule has 3 atom stereocenters. The van der Waals surface area contributed by atoms with Crippen LogP contribution in [0.15, 0.2) is 24.3 Å². The van der Waals surface area contributed by atoms with Gasteiger partial charge in [-0.05, 0) is 31.4 Å². The highest BCUT2D eigenvalue weighted by Gasteiger charge is 2.60. The molecule has 6 nitrogen and oxygen atoms in total. The Labute approximate surface area is 160 Å². The highest BCUT2D eigenvalue weighted by atomic mass is 16.5. The van der Waals surface area contributed by atoms with E-state index in [4.69, 9.17) is 14.5 Å². The maximum absolute atomic E-state index is 5.71. The van der Waals surface area contributed by atoms with Gasteiger partial charge in [0.1, 0.15) is 11.5 Å². The molecule has 3 fully saturated rings. The van der Waals surface area contributed by atoms with E-state index in [1.165, 1.54) is 30.6 Å². The van der Waals surface area contributed by atoms with Gasteiger partial charge in [0.25, 0.3) is 0 Å². The molecular formula is C21H28N4O2. The number of nitrogens with zero attached hydrogens (tertiary/aromatic N) is 4. The molecule has 1 aromatic heterocycles. The van der Waals surface area contributed by atoms with Crippen molar-refractivity contribution in [1.29, 1.82) is 0 Å². The van der Waals surface area contributed by atoms with Crippen LogP contribution in [-0.4, -0.2) is 72.0 Å². The normalized spacial score (nSPS) is 34.8. The Morgan fingerprint density at radius 3 is 2.52 bits per heavy atom. The second-order valence-electron chi connectivity index (χ2n) is 8.36. The molecule has 0 bridgehead atoms. The van der Waals surface area contributed by atoms with Crippen LogP contribution >= 0.6 is 0 Å². The van der Waals surface area contributed by atoms with Gasteiger partial charge in [0, 0.05) is 32.1 Å². The quantitative estimate of drug-likeness (QED) is 0.813. The second-order valence-corrected chi connectivity index (χ2v) is 8.36. The highest BCUT2D eigenvalue weighted by Crippen LogP contribution is 2.58. The Morgan fingerprint density at radius 1 is 0.963 bits per heavy atom. The number of benzene rings is 1. The zero-order chi connectivity index (χ0) is 17.8. The summed E-state index contributed by atoms with van der Waals surface area (Å²) in [6.45, 7) is 7.46. The van der Waals surface area contributed by atoms with E-state index >= 15 is 0 Å². The lowest BCUT2D eigenvalue weighted by Gasteiger charge is -2.46. The smallest absolute Gasteiger partial charge is 0.129 e. The lowest BCUT2D eigenvalue weighted by Crippen LogP contribution is -2.55. The summed E-state index contributed by atoms with van der Waals surface area (Å²) in [6.07, 6.45) is 3.82. The summed E-state index contributed by atoms with van der Waals surface area (Å²) in [5.41, 5.74) is 2.52. The van der Waals surface area contributed by atoms with Crippen molar-refractivity contribution in [3.05, 3.63) is 30.1 Å². The summed E-state index contributed by atoms with van der Waals surface area (Å²) in [5.74, 6) is 1.90. The number of fused-ring (bicyclic) bond motifs is 5. The Kier molecular flexibility index (Phi) is 3.83. The number of hydrogen-bond donors (Lipinski definition) is 0. The van der Waals surface area contributed by atoms with Crippen molar-refractivity contribution in [2.75, 3.05) is 52.6 Å². The molecule has 2 saturated heterocycles. The van der Waals surface area contributed by atoms with Gasteiger partial charge in [-0.25, -0.2) is 4.98 Å². The van der Waals surface area contributed by atoms with Crippen molar-refractivity contribution in [1.82, 2.24) is 19.4 Å². The Hall–Kier alpha value is -1.47. The molecular weight excluding hydrogens is 340 g/mol. The summed E-state index contributed by atoms with van der Waals surface area (Å²) < 4.78 is 14.0. The van der Waals surface area contributed by atoms with E-state index in [0.29, 0.717) is 12.0 Å². The predicted molar refractivity (Wildman–Crippen MR) is 103 cm³/mol. The second kappa shape index (κ2) is 6.27. The number of ether oxygens (including phenoxy) is 2. The van der Waals surface area contributed by atoms with E-state index in [1.807, 2.05) is 0 Å². The molecule has 1 aromatic carbocycles. The van der Waals surface area contributed by atoms with Crippen molar-refractivity contribution in [3.8, 4) is 0 Å². The first-order valence-corrected chi connectivity index (χ1v) is 10.5. The number of imidazole rings is 1. The molecule has 1 aliphatic carbocycles. The highest BCUT2D eigenvalue weighted by molar-refractivity contribution is 5.77. The largest absolute Gasteiger partial charge is 0.379 e. The molecule has 0 spiro atoms. The van der Waals surface area contributed by atoms with Crippen molar-refractivity contribution in [2.45, 2.75) is 31.0 Å². The van der Waals surface area contributed by atoms with Gasteiger partial charge in [0.15, 0.2) is 0 Å². The van der Waals surface area contributed by atoms with Crippen molar-refractivity contribution in [3.63, 3.8) is 0 Å². The number of aromatic nitrogens is 2. The molecule has 0 amide bonds. The SMILES string of the molecule is c1ccc2c(c1)nc1n2[C@]2(N3CCOCC3)CCC[C@H]2[C@@H]1N1CCOCC1. The summed E-state index contributed by atoms with van der Waals surface area (Å²) in [4.78, 5) is 10.6. The van der Waals surface area contributed by atoms with Gasteiger partial charge in [0.2, 0.25) is 0 Å². The van der Waals surface area contributed by atoms with Gasteiger partial charge in [-0.15, -0.1) is 0 Å². The van der Waals surface area contributed by atoms with Gasteiger partial charge in [0.05, 0.1) is 43.5 Å². The maximum atomic E-state index is 5.71. The summed E-state index contributed by atoms with van der Waals surface area (Å²) in [7, 11) is 0. The van der Waals surface area contributed by atoms with E-state index in [9.17, 15) is 0 Å². The van der Waals surface area contributed by atoms with Gasteiger partial charge in [-0.2, -0.15) is 0 Å². The Morgan fingerprint density at radius 2 is 1.70 bits per heavy atom. The average Bonchev–Trinajstić information content (AvgIpc) is 3.38.